The average Bonchev–Trinajstić information content (AvgIpc) is 3.01. The summed E-state index contributed by atoms with van der Waals surface area (Å²) in [5.74, 6) is 2.34. The highest BCUT2D eigenvalue weighted by Crippen LogP contribution is 2.32. The Kier molecular flexibility index (Phi) is 6.27. The quantitative estimate of drug-likeness (QED) is 0.479. The van der Waals surface area contributed by atoms with E-state index in [1.807, 2.05) is 0 Å². The van der Waals surface area contributed by atoms with Crippen molar-refractivity contribution in [1.29, 1.82) is 0 Å². The Morgan fingerprint density at radius 3 is 2.94 bits per heavy atom. The van der Waals surface area contributed by atoms with Crippen LogP contribution in [-0.4, -0.2) is 51.1 Å². The van der Waals surface area contributed by atoms with E-state index in [1.165, 1.54) is 4.57 Å². The van der Waals surface area contributed by atoms with Crippen LogP contribution in [0.1, 0.15) is 13.3 Å². The predicted octanol–water partition coefficient (Wildman–Crippen LogP) is 2.84. The number of ether oxygens (including phenoxy) is 1. The minimum Gasteiger partial charge on any atom is -0.490 e. The van der Waals surface area contributed by atoms with Crippen molar-refractivity contribution in [3.8, 4) is 5.75 Å². The second kappa shape index (κ2) is 8.94. The number of alkyl halides is 1. The van der Waals surface area contributed by atoms with Crippen molar-refractivity contribution < 1.29 is 4.74 Å². The molecule has 3 heterocycles. The highest BCUT2D eigenvalue weighted by molar-refractivity contribution is 6.32. The molecule has 0 unspecified atom stereocenters. The van der Waals surface area contributed by atoms with Gasteiger partial charge in [-0.3, -0.25) is 4.57 Å². The monoisotopic (exact) mass is 465 g/mol. The molecule has 1 aromatic carbocycles. The zero-order chi connectivity index (χ0) is 22.1. The van der Waals surface area contributed by atoms with Crippen LogP contribution in [-0.2, 0) is 7.05 Å². The molecule has 4 N–H and O–H groups in total. The second-order valence-electron chi connectivity index (χ2n) is 7.89. The minimum absolute atomic E-state index is 0.0818. The molecule has 0 bridgehead atoms. The average molecular weight is 466 g/mol. The molecule has 0 radical (unpaired) electrons. The third-order valence-corrected chi connectivity index (χ3v) is 5.69. The van der Waals surface area contributed by atoms with E-state index in [1.54, 1.807) is 25.4 Å². The van der Waals surface area contributed by atoms with E-state index in [0.29, 0.717) is 64.2 Å². The van der Waals surface area contributed by atoms with E-state index < -0.39 is 0 Å². The molecule has 3 aromatic rings. The van der Waals surface area contributed by atoms with Crippen molar-refractivity contribution in [3.63, 3.8) is 0 Å². The Bertz CT molecular complexity index is 1140. The number of fused-ring (bicyclic) bond motifs is 1. The second-order valence-corrected chi connectivity index (χ2v) is 8.68. The van der Waals surface area contributed by atoms with Crippen molar-refractivity contribution in [2.75, 3.05) is 35.8 Å². The molecule has 0 amide bonds. The molecule has 0 saturated carbocycles. The third-order valence-electron chi connectivity index (χ3n) is 5.26. The lowest BCUT2D eigenvalue weighted by molar-refractivity contribution is 0.345. The number of halogens is 2. The summed E-state index contributed by atoms with van der Waals surface area (Å²) in [5, 5.41) is 3.60. The number of aromatic amines is 1. The summed E-state index contributed by atoms with van der Waals surface area (Å²) in [5.41, 5.74) is 7.89. The molecule has 11 heteroatoms. The maximum Gasteiger partial charge on any atom is 0.326 e. The first-order chi connectivity index (χ1) is 14.9. The number of hydrogen-bond donors (Lipinski definition) is 3. The highest BCUT2D eigenvalue weighted by atomic mass is 35.5. The summed E-state index contributed by atoms with van der Waals surface area (Å²) in [6.45, 7) is 4.01. The number of nitrogens with two attached hydrogens (primary N) is 1. The maximum absolute atomic E-state index is 12.1. The van der Waals surface area contributed by atoms with Gasteiger partial charge in [0.05, 0.1) is 17.6 Å². The van der Waals surface area contributed by atoms with Crippen LogP contribution in [0.25, 0.3) is 11.0 Å². The number of nitrogens with zero attached hydrogens (tertiary/aromatic N) is 4. The Balaban J connectivity index is 1.68. The lowest BCUT2D eigenvalue weighted by atomic mass is 9.97. The first kappa shape index (κ1) is 21.7. The zero-order valence-electron chi connectivity index (χ0n) is 17.4. The number of H-pyrrole nitrogens is 1. The van der Waals surface area contributed by atoms with Gasteiger partial charge in [0.15, 0.2) is 5.82 Å². The summed E-state index contributed by atoms with van der Waals surface area (Å²) in [4.78, 5) is 26.0. The van der Waals surface area contributed by atoms with Gasteiger partial charge in [0.25, 0.3) is 0 Å². The van der Waals surface area contributed by atoms with Gasteiger partial charge >= 0.3 is 5.69 Å². The molecule has 2 atom stereocenters. The molecule has 0 aliphatic carbocycles. The van der Waals surface area contributed by atoms with Gasteiger partial charge in [0.1, 0.15) is 22.9 Å². The summed E-state index contributed by atoms with van der Waals surface area (Å²) in [7, 11) is 1.68. The normalized spacial score (nSPS) is 19.1. The Labute approximate surface area is 189 Å². The van der Waals surface area contributed by atoms with Gasteiger partial charge < -0.3 is 25.7 Å². The SMILES string of the molecule is C[C@H]1C[C@@H](N)CN(c2ncc(Cl)c(Nc3cc(OCCCl)c4c(c3)[nH]c(=O)n4C)n2)C1. The summed E-state index contributed by atoms with van der Waals surface area (Å²) >= 11 is 12.2. The van der Waals surface area contributed by atoms with E-state index in [-0.39, 0.29) is 11.7 Å². The van der Waals surface area contributed by atoms with Gasteiger partial charge in [0, 0.05) is 37.9 Å². The van der Waals surface area contributed by atoms with Crippen molar-refractivity contribution in [3.05, 3.63) is 33.8 Å². The topological polar surface area (TPSA) is 114 Å². The molecule has 1 fully saturated rings. The fraction of sp³-hybridized carbons (Fsp3) is 0.450. The number of aryl methyl sites for hydroxylation is 1. The maximum atomic E-state index is 12.1. The smallest absolute Gasteiger partial charge is 0.326 e. The van der Waals surface area contributed by atoms with Crippen molar-refractivity contribution in [1.82, 2.24) is 19.5 Å². The van der Waals surface area contributed by atoms with Gasteiger partial charge in [-0.1, -0.05) is 18.5 Å². The summed E-state index contributed by atoms with van der Waals surface area (Å²) < 4.78 is 7.27. The van der Waals surface area contributed by atoms with Crippen LogP contribution in [0.4, 0.5) is 17.5 Å². The van der Waals surface area contributed by atoms with Crippen LogP contribution in [0.15, 0.2) is 23.1 Å². The number of aromatic nitrogens is 4. The van der Waals surface area contributed by atoms with Gasteiger partial charge in [-0.25, -0.2) is 9.78 Å². The molecule has 9 nitrogen and oxygen atoms in total. The zero-order valence-corrected chi connectivity index (χ0v) is 18.9. The molecular weight excluding hydrogens is 441 g/mol. The number of piperidine rings is 1. The van der Waals surface area contributed by atoms with Crippen LogP contribution in [0, 0.1) is 5.92 Å². The van der Waals surface area contributed by atoms with E-state index in [2.05, 4.69) is 32.1 Å². The Morgan fingerprint density at radius 2 is 2.19 bits per heavy atom. The Morgan fingerprint density at radius 1 is 1.39 bits per heavy atom. The summed E-state index contributed by atoms with van der Waals surface area (Å²) in [6.07, 6.45) is 2.56. The van der Waals surface area contributed by atoms with Crippen molar-refractivity contribution in [2.24, 2.45) is 18.7 Å². The number of hydrogen-bond acceptors (Lipinski definition) is 7. The van der Waals surface area contributed by atoms with Gasteiger partial charge in [0.2, 0.25) is 5.95 Å². The minimum atomic E-state index is -0.235. The largest absolute Gasteiger partial charge is 0.490 e. The predicted molar refractivity (Wildman–Crippen MR) is 124 cm³/mol. The fourth-order valence-corrected chi connectivity index (χ4v) is 4.19. The van der Waals surface area contributed by atoms with Gasteiger partial charge in [-0.2, -0.15) is 4.98 Å². The first-order valence-electron chi connectivity index (χ1n) is 10.1. The van der Waals surface area contributed by atoms with E-state index in [4.69, 9.17) is 33.7 Å². The number of anilines is 3. The highest BCUT2D eigenvalue weighted by Gasteiger charge is 2.24. The molecule has 31 heavy (non-hydrogen) atoms. The van der Waals surface area contributed by atoms with Crippen molar-refractivity contribution in [2.45, 2.75) is 19.4 Å². The number of imidazole rings is 1. The molecule has 2 aromatic heterocycles. The lowest BCUT2D eigenvalue weighted by Gasteiger charge is -2.34. The van der Waals surface area contributed by atoms with Crippen LogP contribution in [0.5, 0.6) is 5.75 Å². The third kappa shape index (κ3) is 4.58. The number of rotatable bonds is 6. The molecule has 1 aliphatic heterocycles. The van der Waals surface area contributed by atoms with Crippen LogP contribution < -0.4 is 26.4 Å². The van der Waals surface area contributed by atoms with E-state index >= 15 is 0 Å². The van der Waals surface area contributed by atoms with E-state index in [0.717, 1.165) is 13.0 Å². The molecular formula is C20H25Cl2N7O2. The van der Waals surface area contributed by atoms with Crippen molar-refractivity contribution >= 4 is 51.7 Å². The van der Waals surface area contributed by atoms with Gasteiger partial charge in [-0.15, -0.1) is 11.6 Å². The molecule has 1 aliphatic rings. The molecule has 1 saturated heterocycles. The standard InChI is InChI=1S/C20H25Cl2N7O2/c1-11-5-12(23)10-29(9-11)19-24-8-14(22)18(27-19)25-13-6-15-17(28(2)20(30)26-15)16(7-13)31-4-3-21/h6-8,11-12H,3-5,9-10,23H2,1-2H3,(H,26,30)(H,24,25,27)/t11-,12+/m0/s1. The fourth-order valence-electron chi connectivity index (χ4n) is 3.98. The first-order valence-corrected chi connectivity index (χ1v) is 11.0. The van der Waals surface area contributed by atoms with Crippen LogP contribution >= 0.6 is 23.2 Å². The Hall–Kier alpha value is -2.49. The molecule has 0 spiro atoms. The van der Waals surface area contributed by atoms with E-state index in [9.17, 15) is 4.79 Å². The number of benzene rings is 1. The van der Waals surface area contributed by atoms with Crippen LogP contribution in [0.3, 0.4) is 0 Å². The lowest BCUT2D eigenvalue weighted by Crippen LogP contribution is -2.47. The molecule has 4 rings (SSSR count). The summed E-state index contributed by atoms with van der Waals surface area (Å²) in [6, 6.07) is 3.68. The van der Waals surface area contributed by atoms with Gasteiger partial charge in [-0.05, 0) is 18.4 Å². The molecule has 166 valence electrons. The van der Waals surface area contributed by atoms with Crippen LogP contribution in [0.2, 0.25) is 5.02 Å². The number of nitrogens with one attached hydrogen (secondary N) is 2.